The van der Waals surface area contributed by atoms with Gasteiger partial charge < -0.3 is 4.90 Å². The Labute approximate surface area is 155 Å². The molecule has 7 heteroatoms. The van der Waals surface area contributed by atoms with E-state index < -0.39 is 11.8 Å². The molecule has 1 fully saturated rings. The minimum atomic E-state index is -0.465. The molecular weight excluding hydrogens is 361 g/mol. The highest BCUT2D eigenvalue weighted by atomic mass is 35.5. The summed E-state index contributed by atoms with van der Waals surface area (Å²) in [6.07, 6.45) is 1.56. The summed E-state index contributed by atoms with van der Waals surface area (Å²) in [4.78, 5) is 26.7. The second-order valence-electron chi connectivity index (χ2n) is 5.72. The van der Waals surface area contributed by atoms with Crippen LogP contribution in [0.25, 0.3) is 6.08 Å². The Bertz CT molecular complexity index is 876. The summed E-state index contributed by atoms with van der Waals surface area (Å²) in [6.45, 7) is 0. The molecule has 0 unspecified atom stereocenters. The predicted molar refractivity (Wildman–Crippen MR) is 101 cm³/mol. The number of hydrogen-bond donors (Lipinski definition) is 1. The van der Waals surface area contributed by atoms with Gasteiger partial charge in [-0.15, -0.1) is 0 Å². The van der Waals surface area contributed by atoms with Gasteiger partial charge in [0.15, 0.2) is 0 Å². The number of nitrogens with zero attached hydrogens (tertiary/aromatic N) is 2. The smallest absolute Gasteiger partial charge is 0.282 e. The number of halogens is 2. The second-order valence-corrected chi connectivity index (χ2v) is 6.54. The average molecular weight is 376 g/mol. The van der Waals surface area contributed by atoms with Gasteiger partial charge in [-0.25, -0.2) is 5.01 Å². The standard InChI is InChI=1S/C18H15Cl2N3O2/c1-22(2)12-5-3-11(4-6-12)9-14-17(24)21-23(18(14)25)13-7-8-15(19)16(20)10-13/h3-10H,1-2H3,(H,21,24)/b14-9+. The summed E-state index contributed by atoms with van der Waals surface area (Å²) < 4.78 is 0. The molecule has 2 aromatic rings. The Kier molecular flexibility index (Phi) is 4.70. The molecule has 2 amide bonds. The first-order valence-corrected chi connectivity index (χ1v) is 8.22. The molecule has 1 heterocycles. The van der Waals surface area contributed by atoms with Crippen molar-refractivity contribution in [1.82, 2.24) is 5.43 Å². The van der Waals surface area contributed by atoms with Crippen molar-refractivity contribution in [3.05, 3.63) is 63.6 Å². The maximum atomic E-state index is 12.6. The van der Waals surface area contributed by atoms with Crippen LogP contribution in [-0.2, 0) is 9.59 Å². The van der Waals surface area contributed by atoms with Gasteiger partial charge >= 0.3 is 0 Å². The number of nitrogens with one attached hydrogen (secondary N) is 1. The molecule has 1 aliphatic rings. The Balaban J connectivity index is 1.89. The largest absolute Gasteiger partial charge is 0.378 e. The Hall–Kier alpha value is -2.50. The van der Waals surface area contributed by atoms with Gasteiger partial charge in [-0.05, 0) is 42.0 Å². The lowest BCUT2D eigenvalue weighted by Gasteiger charge is -2.15. The van der Waals surface area contributed by atoms with Crippen LogP contribution in [0.15, 0.2) is 48.0 Å². The first kappa shape index (κ1) is 17.3. The van der Waals surface area contributed by atoms with Crippen LogP contribution in [0.4, 0.5) is 11.4 Å². The van der Waals surface area contributed by atoms with Crippen molar-refractivity contribution in [3.8, 4) is 0 Å². The lowest BCUT2D eigenvalue weighted by Crippen LogP contribution is -2.35. The summed E-state index contributed by atoms with van der Waals surface area (Å²) in [5.41, 5.74) is 4.83. The summed E-state index contributed by atoms with van der Waals surface area (Å²) in [6, 6.07) is 12.2. The zero-order valence-corrected chi connectivity index (χ0v) is 15.1. The first-order valence-electron chi connectivity index (χ1n) is 7.46. The number of rotatable bonds is 3. The molecule has 2 aromatic carbocycles. The highest BCUT2D eigenvalue weighted by Crippen LogP contribution is 2.29. The molecule has 128 valence electrons. The molecule has 0 spiro atoms. The Morgan fingerprint density at radius 2 is 1.68 bits per heavy atom. The van der Waals surface area contributed by atoms with Crippen molar-refractivity contribution in [1.29, 1.82) is 0 Å². The fourth-order valence-corrected chi connectivity index (χ4v) is 2.69. The quantitative estimate of drug-likeness (QED) is 0.659. The molecule has 0 radical (unpaired) electrons. The summed E-state index contributed by atoms with van der Waals surface area (Å²) in [7, 11) is 3.88. The van der Waals surface area contributed by atoms with Crippen molar-refractivity contribution >= 4 is 52.5 Å². The molecule has 1 N–H and O–H groups in total. The Morgan fingerprint density at radius 3 is 2.28 bits per heavy atom. The van der Waals surface area contributed by atoms with Crippen LogP contribution in [0.2, 0.25) is 10.0 Å². The summed E-state index contributed by atoms with van der Waals surface area (Å²) in [5.74, 6) is -0.909. The fraction of sp³-hybridized carbons (Fsp3) is 0.111. The van der Waals surface area contributed by atoms with E-state index >= 15 is 0 Å². The maximum Gasteiger partial charge on any atom is 0.282 e. The number of carbonyl (C=O) groups is 2. The molecule has 0 aliphatic carbocycles. The van der Waals surface area contributed by atoms with Crippen LogP contribution >= 0.6 is 23.2 Å². The van der Waals surface area contributed by atoms with Crippen molar-refractivity contribution in [2.75, 3.05) is 24.0 Å². The summed E-state index contributed by atoms with van der Waals surface area (Å²) >= 11 is 11.9. The van der Waals surface area contributed by atoms with Crippen molar-refractivity contribution in [3.63, 3.8) is 0 Å². The van der Waals surface area contributed by atoms with Gasteiger partial charge in [0.05, 0.1) is 15.7 Å². The fourth-order valence-electron chi connectivity index (χ4n) is 2.40. The van der Waals surface area contributed by atoms with Gasteiger partial charge in [0.2, 0.25) is 0 Å². The SMILES string of the molecule is CN(C)c1ccc(/C=C2\C(=O)NN(c3ccc(Cl)c(Cl)c3)C2=O)cc1. The monoisotopic (exact) mass is 375 g/mol. The van der Waals surface area contributed by atoms with E-state index in [1.807, 2.05) is 43.3 Å². The zero-order chi connectivity index (χ0) is 18.1. The van der Waals surface area contributed by atoms with Crippen LogP contribution < -0.4 is 15.3 Å². The topological polar surface area (TPSA) is 52.7 Å². The molecule has 0 bridgehead atoms. The molecule has 5 nitrogen and oxygen atoms in total. The molecule has 25 heavy (non-hydrogen) atoms. The highest BCUT2D eigenvalue weighted by molar-refractivity contribution is 6.42. The van der Waals surface area contributed by atoms with Crippen LogP contribution in [0.5, 0.6) is 0 Å². The molecule has 0 aromatic heterocycles. The molecule has 0 atom stereocenters. The number of hydrogen-bond acceptors (Lipinski definition) is 3. The van der Waals surface area contributed by atoms with E-state index in [0.29, 0.717) is 15.7 Å². The highest BCUT2D eigenvalue weighted by Gasteiger charge is 2.34. The lowest BCUT2D eigenvalue weighted by atomic mass is 10.1. The lowest BCUT2D eigenvalue weighted by molar-refractivity contribution is -0.117. The van der Waals surface area contributed by atoms with Gasteiger partial charge in [-0.2, -0.15) is 0 Å². The summed E-state index contributed by atoms with van der Waals surface area (Å²) in [5, 5.41) is 1.84. The van der Waals surface area contributed by atoms with Crippen molar-refractivity contribution < 1.29 is 9.59 Å². The van der Waals surface area contributed by atoms with Crippen LogP contribution in [-0.4, -0.2) is 25.9 Å². The van der Waals surface area contributed by atoms with E-state index in [2.05, 4.69) is 5.43 Å². The number of benzene rings is 2. The number of hydrazine groups is 1. The minimum Gasteiger partial charge on any atom is -0.378 e. The molecule has 1 aliphatic heterocycles. The number of carbonyl (C=O) groups excluding carboxylic acids is 2. The minimum absolute atomic E-state index is 0.0590. The van der Waals surface area contributed by atoms with E-state index in [1.54, 1.807) is 18.2 Å². The van der Waals surface area contributed by atoms with Gasteiger partial charge in [0.1, 0.15) is 5.57 Å². The van der Waals surface area contributed by atoms with E-state index in [0.717, 1.165) is 16.3 Å². The predicted octanol–water partition coefficient (Wildman–Crippen LogP) is 3.52. The first-order chi connectivity index (χ1) is 11.9. The third kappa shape index (κ3) is 3.48. The molecular formula is C18H15Cl2N3O2. The van der Waals surface area contributed by atoms with Crippen molar-refractivity contribution in [2.24, 2.45) is 0 Å². The number of amides is 2. The van der Waals surface area contributed by atoms with E-state index in [1.165, 1.54) is 6.07 Å². The third-order valence-electron chi connectivity index (χ3n) is 3.77. The normalized spacial score (nSPS) is 15.7. The van der Waals surface area contributed by atoms with Gasteiger partial charge in [-0.3, -0.25) is 15.0 Å². The Morgan fingerprint density at radius 1 is 1.00 bits per heavy atom. The van der Waals surface area contributed by atoms with Crippen LogP contribution in [0.1, 0.15) is 5.56 Å². The van der Waals surface area contributed by atoms with E-state index in [4.69, 9.17) is 23.2 Å². The molecule has 1 saturated heterocycles. The third-order valence-corrected chi connectivity index (χ3v) is 4.51. The second kappa shape index (κ2) is 6.78. The van der Waals surface area contributed by atoms with Crippen LogP contribution in [0.3, 0.4) is 0 Å². The van der Waals surface area contributed by atoms with Gasteiger partial charge in [0, 0.05) is 19.8 Å². The molecule has 3 rings (SSSR count). The molecule has 0 saturated carbocycles. The van der Waals surface area contributed by atoms with E-state index in [-0.39, 0.29) is 5.57 Å². The van der Waals surface area contributed by atoms with E-state index in [9.17, 15) is 9.59 Å². The zero-order valence-electron chi connectivity index (χ0n) is 13.6. The van der Waals surface area contributed by atoms with Gasteiger partial charge in [0.25, 0.3) is 11.8 Å². The van der Waals surface area contributed by atoms with Crippen molar-refractivity contribution in [2.45, 2.75) is 0 Å². The van der Waals surface area contributed by atoms with Gasteiger partial charge in [-0.1, -0.05) is 35.3 Å². The average Bonchev–Trinajstić information content (AvgIpc) is 2.86. The maximum absolute atomic E-state index is 12.6. The van der Waals surface area contributed by atoms with Crippen LogP contribution in [0, 0.1) is 0 Å². The number of anilines is 2.